The Morgan fingerprint density at radius 2 is 1.68 bits per heavy atom. The van der Waals surface area contributed by atoms with Crippen molar-refractivity contribution in [2.45, 2.75) is 31.7 Å². The van der Waals surface area contributed by atoms with E-state index in [4.69, 9.17) is 5.73 Å². The number of sulfone groups is 1. The van der Waals surface area contributed by atoms with Crippen LogP contribution >= 0.6 is 0 Å². The summed E-state index contributed by atoms with van der Waals surface area (Å²) in [4.78, 5) is 12.1. The molecular weight excluding hydrogens is 264 g/mol. The monoisotopic (exact) mass is 284 g/mol. The predicted octanol–water partition coefficient (Wildman–Crippen LogP) is 1.40. The van der Waals surface area contributed by atoms with Crippen molar-refractivity contribution in [1.82, 2.24) is 0 Å². The number of nitrogens with two attached hydrogens (primary N) is 1. The van der Waals surface area contributed by atoms with E-state index in [2.05, 4.69) is 5.32 Å². The van der Waals surface area contributed by atoms with Crippen LogP contribution in [0.25, 0.3) is 0 Å². The first-order valence-electron chi connectivity index (χ1n) is 5.88. The van der Waals surface area contributed by atoms with E-state index in [0.29, 0.717) is 5.69 Å². The molecule has 0 aliphatic carbocycles. The number of carbonyl (C=O) groups is 1. The molecular formula is C13H20N2O3S. The number of benzene rings is 1. The number of amides is 1. The van der Waals surface area contributed by atoms with Crippen molar-refractivity contribution in [3.63, 3.8) is 0 Å². The minimum atomic E-state index is -3.23. The fraction of sp³-hybridized carbons (Fsp3) is 0.462. The second-order valence-corrected chi connectivity index (χ2v) is 7.65. The highest BCUT2D eigenvalue weighted by Gasteiger charge is 2.27. The van der Waals surface area contributed by atoms with E-state index in [1.54, 1.807) is 12.1 Å². The average molecular weight is 284 g/mol. The van der Waals surface area contributed by atoms with Crippen molar-refractivity contribution in [2.75, 3.05) is 11.6 Å². The Kier molecular flexibility index (Phi) is 4.37. The summed E-state index contributed by atoms with van der Waals surface area (Å²) >= 11 is 0. The molecule has 5 nitrogen and oxygen atoms in total. The lowest BCUT2D eigenvalue weighted by Crippen LogP contribution is -2.45. The molecule has 1 rings (SSSR count). The Labute approximate surface area is 114 Å². The number of nitrogens with one attached hydrogen (secondary N) is 1. The SMILES string of the molecule is CC(C)(C)[C@H](N)C(=O)Nc1ccc(S(C)(=O)=O)cc1. The molecule has 0 aromatic heterocycles. The van der Waals surface area contributed by atoms with Gasteiger partial charge >= 0.3 is 0 Å². The molecule has 0 aliphatic rings. The van der Waals surface area contributed by atoms with E-state index in [0.717, 1.165) is 6.26 Å². The molecule has 6 heteroatoms. The molecule has 3 N–H and O–H groups in total. The van der Waals surface area contributed by atoms with E-state index in [9.17, 15) is 13.2 Å². The van der Waals surface area contributed by atoms with Crippen LogP contribution in [-0.4, -0.2) is 26.6 Å². The van der Waals surface area contributed by atoms with Gasteiger partial charge in [-0.1, -0.05) is 20.8 Å². The third-order valence-corrected chi connectivity index (χ3v) is 3.89. The van der Waals surface area contributed by atoms with E-state index < -0.39 is 15.9 Å². The minimum Gasteiger partial charge on any atom is -0.325 e. The molecule has 0 radical (unpaired) electrons. The van der Waals surface area contributed by atoms with Gasteiger partial charge in [0.2, 0.25) is 5.91 Å². The fourth-order valence-electron chi connectivity index (χ4n) is 1.40. The van der Waals surface area contributed by atoms with Gasteiger partial charge in [-0.05, 0) is 29.7 Å². The van der Waals surface area contributed by atoms with E-state index in [-0.39, 0.29) is 16.2 Å². The maximum absolute atomic E-state index is 11.9. The predicted molar refractivity (Wildman–Crippen MR) is 75.6 cm³/mol. The minimum absolute atomic E-state index is 0.214. The summed E-state index contributed by atoms with van der Waals surface area (Å²) in [5, 5.41) is 2.67. The second-order valence-electron chi connectivity index (χ2n) is 5.63. The Morgan fingerprint density at radius 3 is 2.05 bits per heavy atom. The molecule has 1 aromatic carbocycles. The zero-order valence-corrected chi connectivity index (χ0v) is 12.4. The summed E-state index contributed by atoms with van der Waals surface area (Å²) in [7, 11) is -3.23. The summed E-state index contributed by atoms with van der Waals surface area (Å²) < 4.78 is 22.6. The lowest BCUT2D eigenvalue weighted by molar-refractivity contribution is -0.119. The van der Waals surface area contributed by atoms with Gasteiger partial charge in [0.05, 0.1) is 10.9 Å². The van der Waals surface area contributed by atoms with Gasteiger partial charge in [0, 0.05) is 11.9 Å². The van der Waals surface area contributed by atoms with Crippen molar-refractivity contribution in [3.05, 3.63) is 24.3 Å². The maximum atomic E-state index is 11.9. The lowest BCUT2D eigenvalue weighted by atomic mass is 9.87. The number of rotatable bonds is 3. The number of hydrogen-bond acceptors (Lipinski definition) is 4. The van der Waals surface area contributed by atoms with Crippen molar-refractivity contribution in [2.24, 2.45) is 11.1 Å². The molecule has 19 heavy (non-hydrogen) atoms. The highest BCUT2D eigenvalue weighted by Crippen LogP contribution is 2.19. The molecule has 1 aromatic rings. The van der Waals surface area contributed by atoms with Gasteiger partial charge in [-0.3, -0.25) is 4.79 Å². The van der Waals surface area contributed by atoms with Crippen LogP contribution in [0.4, 0.5) is 5.69 Å². The molecule has 0 bridgehead atoms. The third-order valence-electron chi connectivity index (χ3n) is 2.77. The van der Waals surface area contributed by atoms with Gasteiger partial charge in [0.1, 0.15) is 0 Å². The van der Waals surface area contributed by atoms with Crippen LogP contribution in [0.5, 0.6) is 0 Å². The molecule has 1 amide bonds. The summed E-state index contributed by atoms with van der Waals surface area (Å²) in [6, 6.07) is 5.36. The molecule has 106 valence electrons. The first-order valence-corrected chi connectivity index (χ1v) is 7.77. The molecule has 0 fully saturated rings. The molecule has 0 saturated carbocycles. The van der Waals surface area contributed by atoms with Crippen LogP contribution in [0, 0.1) is 5.41 Å². The lowest BCUT2D eigenvalue weighted by Gasteiger charge is -2.25. The van der Waals surface area contributed by atoms with Gasteiger partial charge < -0.3 is 11.1 Å². The summed E-state index contributed by atoms with van der Waals surface area (Å²) in [6.45, 7) is 5.64. The quantitative estimate of drug-likeness (QED) is 0.878. The van der Waals surface area contributed by atoms with E-state index >= 15 is 0 Å². The first kappa shape index (κ1) is 15.7. The Balaban J connectivity index is 2.82. The first-order chi connectivity index (χ1) is 8.51. The van der Waals surface area contributed by atoms with Crippen LogP contribution < -0.4 is 11.1 Å². The standard InChI is InChI=1S/C13H20N2O3S/c1-13(2,3)11(14)12(16)15-9-5-7-10(8-6-9)19(4,17)18/h5-8,11H,14H2,1-4H3,(H,15,16)/t11-/m1/s1. The summed E-state index contributed by atoms with van der Waals surface area (Å²) in [5.74, 6) is -0.292. The summed E-state index contributed by atoms with van der Waals surface area (Å²) in [5.41, 5.74) is 6.02. The zero-order valence-electron chi connectivity index (χ0n) is 11.6. The molecule has 0 heterocycles. The normalized spacial score (nSPS) is 13.9. The number of carbonyl (C=O) groups excluding carboxylic acids is 1. The highest BCUT2D eigenvalue weighted by molar-refractivity contribution is 7.90. The number of anilines is 1. The Morgan fingerprint density at radius 1 is 1.21 bits per heavy atom. The molecule has 1 atom stereocenters. The van der Waals surface area contributed by atoms with Crippen LogP contribution in [0.3, 0.4) is 0 Å². The van der Waals surface area contributed by atoms with Gasteiger partial charge in [-0.2, -0.15) is 0 Å². The van der Waals surface area contributed by atoms with Crippen molar-refractivity contribution >= 4 is 21.4 Å². The van der Waals surface area contributed by atoms with Crippen LogP contribution in [0.15, 0.2) is 29.2 Å². The van der Waals surface area contributed by atoms with Gasteiger partial charge in [0.15, 0.2) is 9.84 Å². The Hall–Kier alpha value is -1.40. The topological polar surface area (TPSA) is 89.3 Å². The fourth-order valence-corrected chi connectivity index (χ4v) is 2.03. The van der Waals surface area contributed by atoms with E-state index in [1.807, 2.05) is 20.8 Å². The van der Waals surface area contributed by atoms with E-state index in [1.165, 1.54) is 12.1 Å². The molecule has 0 spiro atoms. The third kappa shape index (κ3) is 4.33. The molecule has 0 aliphatic heterocycles. The summed E-state index contributed by atoms with van der Waals surface area (Å²) in [6.07, 6.45) is 1.14. The largest absolute Gasteiger partial charge is 0.325 e. The second kappa shape index (κ2) is 5.30. The average Bonchev–Trinajstić information content (AvgIpc) is 2.26. The van der Waals surface area contributed by atoms with Crippen molar-refractivity contribution in [1.29, 1.82) is 0 Å². The molecule has 0 saturated heterocycles. The van der Waals surface area contributed by atoms with Crippen molar-refractivity contribution in [3.8, 4) is 0 Å². The highest BCUT2D eigenvalue weighted by atomic mass is 32.2. The van der Waals surface area contributed by atoms with Crippen LogP contribution in [0.2, 0.25) is 0 Å². The van der Waals surface area contributed by atoms with Crippen LogP contribution in [-0.2, 0) is 14.6 Å². The van der Waals surface area contributed by atoms with Gasteiger partial charge in [-0.25, -0.2) is 8.42 Å². The molecule has 0 unspecified atom stereocenters. The smallest absolute Gasteiger partial charge is 0.241 e. The number of hydrogen-bond donors (Lipinski definition) is 2. The zero-order chi connectivity index (χ0) is 14.8. The maximum Gasteiger partial charge on any atom is 0.241 e. The van der Waals surface area contributed by atoms with Gasteiger partial charge in [0.25, 0.3) is 0 Å². The van der Waals surface area contributed by atoms with Crippen LogP contribution in [0.1, 0.15) is 20.8 Å². The van der Waals surface area contributed by atoms with Crippen molar-refractivity contribution < 1.29 is 13.2 Å². The Bertz CT molecular complexity index is 557. The van der Waals surface area contributed by atoms with Gasteiger partial charge in [-0.15, -0.1) is 0 Å².